The molecule has 0 aliphatic carbocycles. The van der Waals surface area contributed by atoms with Gasteiger partial charge in [-0.25, -0.2) is 4.39 Å². The fourth-order valence-electron chi connectivity index (χ4n) is 1.56. The van der Waals surface area contributed by atoms with E-state index in [9.17, 15) is 14.0 Å². The molecular weight excluding hydrogens is 235 g/mol. The van der Waals surface area contributed by atoms with Crippen LogP contribution in [-0.4, -0.2) is 15.3 Å². The zero-order chi connectivity index (χ0) is 13.0. The number of hydrogen-bond donors (Lipinski definition) is 0. The van der Waals surface area contributed by atoms with Crippen LogP contribution < -0.4 is 5.56 Å². The van der Waals surface area contributed by atoms with Gasteiger partial charge in [0.2, 0.25) is 0 Å². The fourth-order valence-corrected chi connectivity index (χ4v) is 1.56. The van der Waals surface area contributed by atoms with Crippen LogP contribution in [0.15, 0.2) is 47.7 Å². The molecule has 0 spiro atoms. The summed E-state index contributed by atoms with van der Waals surface area (Å²) < 4.78 is 14.1. The largest absolute Gasteiger partial charge is 0.312 e. The molecule has 0 N–H and O–H groups in total. The van der Waals surface area contributed by atoms with E-state index in [1.54, 1.807) is 0 Å². The second kappa shape index (κ2) is 5.35. The summed E-state index contributed by atoms with van der Waals surface area (Å²) in [7, 11) is 0. The lowest BCUT2D eigenvalue weighted by Crippen LogP contribution is -2.20. The van der Waals surface area contributed by atoms with E-state index in [2.05, 4.69) is 4.98 Å². The fraction of sp³-hybridized carbons (Fsp3) is 0.154. The van der Waals surface area contributed by atoms with Gasteiger partial charge in [-0.15, -0.1) is 0 Å². The number of carbonyl (C=O) groups is 1. The Morgan fingerprint density at radius 1 is 1.28 bits per heavy atom. The number of nitrogens with zero attached hydrogens (tertiary/aromatic N) is 2. The van der Waals surface area contributed by atoms with E-state index in [-0.39, 0.29) is 30.1 Å². The van der Waals surface area contributed by atoms with Crippen LogP contribution in [0.3, 0.4) is 0 Å². The first-order valence-corrected chi connectivity index (χ1v) is 5.46. The molecule has 4 nitrogen and oxygen atoms in total. The molecule has 0 saturated carbocycles. The maximum Gasteiger partial charge on any atom is 0.268 e. The highest BCUT2D eigenvalue weighted by molar-refractivity contribution is 5.95. The molecule has 2 aromatic rings. The molecule has 0 radical (unpaired) electrons. The van der Waals surface area contributed by atoms with E-state index in [0.717, 1.165) is 0 Å². The molecule has 92 valence electrons. The topological polar surface area (TPSA) is 52.0 Å². The number of halogens is 1. The van der Waals surface area contributed by atoms with Gasteiger partial charge in [-0.2, -0.15) is 0 Å². The van der Waals surface area contributed by atoms with Crippen molar-refractivity contribution in [3.05, 3.63) is 64.6 Å². The predicted molar refractivity (Wildman–Crippen MR) is 63.8 cm³/mol. The molecule has 2 rings (SSSR count). The number of aryl methyl sites for hydroxylation is 1. The van der Waals surface area contributed by atoms with Crippen LogP contribution in [0.5, 0.6) is 0 Å². The Morgan fingerprint density at radius 2 is 2.00 bits per heavy atom. The number of Topliss-reactive ketones (excluding diaryl/α,β-unsaturated/α-hetero) is 1. The third-order valence-corrected chi connectivity index (χ3v) is 2.55. The van der Waals surface area contributed by atoms with E-state index >= 15 is 0 Å². The molecule has 1 aromatic heterocycles. The minimum atomic E-state index is -0.378. The molecule has 0 bridgehead atoms. The zero-order valence-electron chi connectivity index (χ0n) is 9.54. The Labute approximate surface area is 103 Å². The van der Waals surface area contributed by atoms with E-state index in [1.165, 1.54) is 47.4 Å². The first kappa shape index (κ1) is 12.2. The molecule has 0 unspecified atom stereocenters. The van der Waals surface area contributed by atoms with Gasteiger partial charge in [0.25, 0.3) is 5.56 Å². The summed E-state index contributed by atoms with van der Waals surface area (Å²) in [6.45, 7) is 0.289. The minimum Gasteiger partial charge on any atom is -0.312 e. The van der Waals surface area contributed by atoms with Crippen molar-refractivity contribution in [1.82, 2.24) is 9.55 Å². The summed E-state index contributed by atoms with van der Waals surface area (Å²) in [5.74, 6) is -0.504. The standard InChI is InChI=1S/C13H11FN2O2/c14-11-3-1-10(2-4-11)12(17)5-7-16-8-6-15-9-13(16)18/h1-4,6,8-9H,5,7H2. The second-order valence-corrected chi connectivity index (χ2v) is 3.79. The highest BCUT2D eigenvalue weighted by atomic mass is 19.1. The van der Waals surface area contributed by atoms with Crippen LogP contribution in [0, 0.1) is 5.82 Å². The molecule has 1 aromatic carbocycles. The molecule has 0 amide bonds. The Morgan fingerprint density at radius 3 is 2.67 bits per heavy atom. The van der Waals surface area contributed by atoms with E-state index in [1.807, 2.05) is 0 Å². The SMILES string of the molecule is O=C(CCn1ccncc1=O)c1ccc(F)cc1. The van der Waals surface area contributed by atoms with Crippen molar-refractivity contribution in [2.24, 2.45) is 0 Å². The van der Waals surface area contributed by atoms with Crippen LogP contribution >= 0.6 is 0 Å². The van der Waals surface area contributed by atoms with Gasteiger partial charge in [-0.05, 0) is 24.3 Å². The van der Waals surface area contributed by atoms with Crippen molar-refractivity contribution in [3.8, 4) is 0 Å². The van der Waals surface area contributed by atoms with Crippen molar-refractivity contribution >= 4 is 5.78 Å². The van der Waals surface area contributed by atoms with Gasteiger partial charge in [-0.3, -0.25) is 14.6 Å². The first-order chi connectivity index (χ1) is 8.66. The molecule has 0 aliphatic rings. The molecule has 18 heavy (non-hydrogen) atoms. The Hall–Kier alpha value is -2.30. The second-order valence-electron chi connectivity index (χ2n) is 3.79. The summed E-state index contributed by atoms with van der Waals surface area (Å²) in [5, 5.41) is 0. The highest BCUT2D eigenvalue weighted by Crippen LogP contribution is 2.06. The van der Waals surface area contributed by atoms with Crippen molar-refractivity contribution in [1.29, 1.82) is 0 Å². The van der Waals surface area contributed by atoms with E-state index in [4.69, 9.17) is 0 Å². The number of benzene rings is 1. The van der Waals surface area contributed by atoms with Crippen molar-refractivity contribution < 1.29 is 9.18 Å². The lowest BCUT2D eigenvalue weighted by molar-refractivity contribution is 0.0976. The number of aromatic nitrogens is 2. The normalized spacial score (nSPS) is 10.3. The van der Waals surface area contributed by atoms with Crippen molar-refractivity contribution in [3.63, 3.8) is 0 Å². The molecule has 0 saturated heterocycles. The summed E-state index contributed by atoms with van der Waals surface area (Å²) in [6, 6.07) is 5.36. The van der Waals surface area contributed by atoms with Crippen LogP contribution in [0.1, 0.15) is 16.8 Å². The molecule has 0 aliphatic heterocycles. The quantitative estimate of drug-likeness (QED) is 0.771. The molecule has 0 atom stereocenters. The number of rotatable bonds is 4. The summed E-state index contributed by atoms with van der Waals surface area (Å²) in [6.07, 6.45) is 4.40. The lowest BCUT2D eigenvalue weighted by Gasteiger charge is -2.04. The van der Waals surface area contributed by atoms with Gasteiger partial charge >= 0.3 is 0 Å². The average Bonchev–Trinajstić information content (AvgIpc) is 2.38. The third kappa shape index (κ3) is 2.88. The Kier molecular flexibility index (Phi) is 3.62. The minimum absolute atomic E-state index is 0.126. The molecular formula is C13H11FN2O2. The molecule has 1 heterocycles. The van der Waals surface area contributed by atoms with E-state index < -0.39 is 0 Å². The van der Waals surface area contributed by atoms with Gasteiger partial charge < -0.3 is 4.57 Å². The number of ketones is 1. The molecule has 5 heteroatoms. The maximum absolute atomic E-state index is 12.7. The monoisotopic (exact) mass is 246 g/mol. The van der Waals surface area contributed by atoms with Crippen LogP contribution in [0.25, 0.3) is 0 Å². The third-order valence-electron chi connectivity index (χ3n) is 2.55. The van der Waals surface area contributed by atoms with Gasteiger partial charge in [-0.1, -0.05) is 0 Å². The van der Waals surface area contributed by atoms with Gasteiger partial charge in [0.05, 0.1) is 6.20 Å². The summed E-state index contributed by atoms with van der Waals surface area (Å²) >= 11 is 0. The van der Waals surface area contributed by atoms with Crippen LogP contribution in [0.2, 0.25) is 0 Å². The van der Waals surface area contributed by atoms with Crippen LogP contribution in [0.4, 0.5) is 4.39 Å². The Bertz CT molecular complexity index is 605. The highest BCUT2D eigenvalue weighted by Gasteiger charge is 2.06. The van der Waals surface area contributed by atoms with Gasteiger partial charge in [0.15, 0.2) is 5.78 Å². The number of hydrogen-bond acceptors (Lipinski definition) is 3. The zero-order valence-corrected chi connectivity index (χ0v) is 9.54. The summed E-state index contributed by atoms with van der Waals surface area (Å²) in [5.41, 5.74) is 0.197. The van der Waals surface area contributed by atoms with Crippen LogP contribution in [-0.2, 0) is 6.54 Å². The number of carbonyl (C=O) groups excluding carboxylic acids is 1. The lowest BCUT2D eigenvalue weighted by atomic mass is 10.1. The van der Waals surface area contributed by atoms with Crippen molar-refractivity contribution in [2.75, 3.05) is 0 Å². The molecule has 0 fully saturated rings. The average molecular weight is 246 g/mol. The Balaban J connectivity index is 2.03. The van der Waals surface area contributed by atoms with Crippen molar-refractivity contribution in [2.45, 2.75) is 13.0 Å². The maximum atomic E-state index is 12.7. The smallest absolute Gasteiger partial charge is 0.268 e. The first-order valence-electron chi connectivity index (χ1n) is 5.46. The van der Waals surface area contributed by atoms with Gasteiger partial charge in [0, 0.05) is 30.9 Å². The summed E-state index contributed by atoms with van der Waals surface area (Å²) in [4.78, 5) is 26.8. The predicted octanol–water partition coefficient (Wildman–Crippen LogP) is 1.66. The van der Waals surface area contributed by atoms with E-state index in [0.29, 0.717) is 5.56 Å². The van der Waals surface area contributed by atoms with Gasteiger partial charge in [0.1, 0.15) is 5.82 Å².